The highest BCUT2D eigenvalue weighted by atomic mass is 32.1. The molecule has 2 N–H and O–H groups in total. The Bertz CT molecular complexity index is 934. The highest BCUT2D eigenvalue weighted by Crippen LogP contribution is 2.63. The molecule has 0 spiro atoms. The summed E-state index contributed by atoms with van der Waals surface area (Å²) in [5, 5.41) is 0. The standard InChI is InChI=1S/C29H49NS.C16H34.C2H6/c1-19(2)16-22-8-10-24-23(17-22)9-11-26-25(24)14-15-29(31)27(12-13-28(26)29)21(4)7-5-6-20(3)18-30;1-6-8-9-13-16(4,5)14-10-12-15(3)11-7-2;1-2/h9,20-22,24-28,31H,1,5-8,10-18,30H2,2-4H3;15H,6-14H2,1-5H3;1-2H3. The van der Waals surface area contributed by atoms with Gasteiger partial charge in [0.05, 0.1) is 0 Å². The zero-order valence-corrected chi connectivity index (χ0v) is 36.0. The molecule has 3 saturated carbocycles. The minimum absolute atomic E-state index is 0.308. The van der Waals surface area contributed by atoms with Gasteiger partial charge in [-0.05, 0) is 149 Å². The Kier molecular flexibility index (Phi) is 20.9. The lowest BCUT2D eigenvalue weighted by Gasteiger charge is -2.54. The van der Waals surface area contributed by atoms with Crippen LogP contribution in [0.25, 0.3) is 0 Å². The lowest BCUT2D eigenvalue weighted by molar-refractivity contribution is 0.0565. The molecule has 288 valence electrons. The Labute approximate surface area is 315 Å². The van der Waals surface area contributed by atoms with Crippen molar-refractivity contribution in [3.05, 3.63) is 23.8 Å². The molecule has 0 aromatic heterocycles. The third kappa shape index (κ3) is 13.9. The first-order chi connectivity index (χ1) is 23.3. The normalized spacial score (nSPS) is 31.0. The Morgan fingerprint density at radius 3 is 2.22 bits per heavy atom. The van der Waals surface area contributed by atoms with Crippen LogP contribution in [-0.4, -0.2) is 11.3 Å². The molecule has 4 aliphatic carbocycles. The van der Waals surface area contributed by atoms with Crippen molar-refractivity contribution < 1.29 is 0 Å². The van der Waals surface area contributed by atoms with E-state index in [9.17, 15) is 0 Å². The smallest absolute Gasteiger partial charge is 0.0191 e. The van der Waals surface area contributed by atoms with E-state index in [-0.39, 0.29) is 0 Å². The minimum atomic E-state index is 0.308. The maximum atomic E-state index is 5.84. The van der Waals surface area contributed by atoms with Crippen LogP contribution >= 0.6 is 12.6 Å². The van der Waals surface area contributed by atoms with Crippen LogP contribution in [0.1, 0.15) is 204 Å². The molecule has 2 heteroatoms. The summed E-state index contributed by atoms with van der Waals surface area (Å²) in [5.74, 6) is 7.74. The summed E-state index contributed by atoms with van der Waals surface area (Å²) < 4.78 is 0.308. The highest BCUT2D eigenvalue weighted by molar-refractivity contribution is 7.81. The highest BCUT2D eigenvalue weighted by Gasteiger charge is 2.57. The zero-order valence-electron chi connectivity index (χ0n) is 35.1. The van der Waals surface area contributed by atoms with Crippen molar-refractivity contribution >= 4 is 12.6 Å². The summed E-state index contributed by atoms with van der Waals surface area (Å²) in [6.07, 6.45) is 31.9. The molecule has 10 atom stereocenters. The summed E-state index contributed by atoms with van der Waals surface area (Å²) >= 11 is 5.56. The maximum absolute atomic E-state index is 5.84. The van der Waals surface area contributed by atoms with Gasteiger partial charge in [0.25, 0.3) is 0 Å². The van der Waals surface area contributed by atoms with Crippen LogP contribution in [-0.2, 0) is 0 Å². The quantitative estimate of drug-likeness (QED) is 0.0831. The van der Waals surface area contributed by atoms with Gasteiger partial charge in [0.2, 0.25) is 0 Å². The number of allylic oxidation sites excluding steroid dienone is 3. The summed E-state index contributed by atoms with van der Waals surface area (Å²) in [7, 11) is 0. The first-order valence-electron chi connectivity index (χ1n) is 22.1. The predicted molar refractivity (Wildman–Crippen MR) is 226 cm³/mol. The van der Waals surface area contributed by atoms with E-state index < -0.39 is 0 Å². The van der Waals surface area contributed by atoms with Gasteiger partial charge in [0.15, 0.2) is 0 Å². The van der Waals surface area contributed by atoms with Crippen molar-refractivity contribution in [2.24, 2.45) is 64.4 Å². The van der Waals surface area contributed by atoms with E-state index in [4.69, 9.17) is 18.4 Å². The number of fused-ring (bicyclic) bond motifs is 5. The van der Waals surface area contributed by atoms with E-state index >= 15 is 0 Å². The van der Waals surface area contributed by atoms with Crippen molar-refractivity contribution in [1.82, 2.24) is 0 Å². The number of hydrogen-bond donors (Lipinski definition) is 2. The third-order valence-electron chi connectivity index (χ3n) is 13.9. The van der Waals surface area contributed by atoms with Gasteiger partial charge in [-0.3, -0.25) is 0 Å². The van der Waals surface area contributed by atoms with Crippen LogP contribution in [0.4, 0.5) is 0 Å². The predicted octanol–water partition coefficient (Wildman–Crippen LogP) is 15.0. The molecule has 10 unspecified atom stereocenters. The van der Waals surface area contributed by atoms with E-state index in [1.165, 1.54) is 140 Å². The molecular weight excluding hydrogens is 611 g/mol. The Hall–Kier alpha value is -0.210. The Balaban J connectivity index is 0.000000394. The topological polar surface area (TPSA) is 26.0 Å². The molecule has 0 radical (unpaired) electrons. The fraction of sp³-hybridized carbons (Fsp3) is 0.915. The fourth-order valence-electron chi connectivity index (χ4n) is 11.1. The van der Waals surface area contributed by atoms with E-state index in [0.29, 0.717) is 16.1 Å². The van der Waals surface area contributed by atoms with Gasteiger partial charge < -0.3 is 5.73 Å². The third-order valence-corrected chi connectivity index (χ3v) is 14.8. The van der Waals surface area contributed by atoms with Crippen LogP contribution in [0.15, 0.2) is 23.8 Å². The first kappa shape index (κ1) is 44.9. The van der Waals surface area contributed by atoms with Crippen LogP contribution in [0.2, 0.25) is 0 Å². The average Bonchev–Trinajstić information content (AvgIpc) is 3.42. The van der Waals surface area contributed by atoms with Crippen molar-refractivity contribution in [2.45, 2.75) is 209 Å². The zero-order chi connectivity index (χ0) is 36.6. The van der Waals surface area contributed by atoms with Gasteiger partial charge in [-0.15, -0.1) is 6.58 Å². The summed E-state index contributed by atoms with van der Waals surface area (Å²) in [6, 6.07) is 0. The molecule has 0 aromatic carbocycles. The van der Waals surface area contributed by atoms with Gasteiger partial charge in [-0.1, -0.05) is 137 Å². The molecule has 49 heavy (non-hydrogen) atoms. The molecule has 4 rings (SSSR count). The maximum Gasteiger partial charge on any atom is 0.0191 e. The van der Waals surface area contributed by atoms with E-state index in [1.807, 2.05) is 19.4 Å². The molecular formula is C47H89NS. The second-order valence-corrected chi connectivity index (χ2v) is 19.6. The van der Waals surface area contributed by atoms with Gasteiger partial charge in [-0.25, -0.2) is 0 Å². The second kappa shape index (κ2) is 22.8. The lowest BCUT2D eigenvalue weighted by atomic mass is 9.55. The molecule has 3 fully saturated rings. The Morgan fingerprint density at radius 2 is 1.57 bits per heavy atom. The van der Waals surface area contributed by atoms with Gasteiger partial charge in [-0.2, -0.15) is 12.6 Å². The molecule has 4 aliphatic rings. The van der Waals surface area contributed by atoms with Crippen LogP contribution in [0.3, 0.4) is 0 Å². The SMILES string of the molecule is C=C(C)CC1CCC2C(=CCC3C2CCC2(S)C(C(C)CCCC(C)CN)CCC32)C1.CC.CCCCCC(C)(C)CCCC(C)CCC. The van der Waals surface area contributed by atoms with Crippen LogP contribution in [0.5, 0.6) is 0 Å². The molecule has 0 amide bonds. The summed E-state index contributed by atoms with van der Waals surface area (Å²) in [6.45, 7) is 28.0. The number of unbranched alkanes of at least 4 members (excludes halogenated alkanes) is 2. The molecule has 0 heterocycles. The molecule has 0 aliphatic heterocycles. The van der Waals surface area contributed by atoms with Crippen molar-refractivity contribution in [3.63, 3.8) is 0 Å². The van der Waals surface area contributed by atoms with Gasteiger partial charge in [0.1, 0.15) is 0 Å². The molecule has 0 saturated heterocycles. The lowest BCUT2D eigenvalue weighted by Crippen LogP contribution is -2.49. The van der Waals surface area contributed by atoms with E-state index in [0.717, 1.165) is 53.9 Å². The van der Waals surface area contributed by atoms with E-state index in [2.05, 4.69) is 68.0 Å². The van der Waals surface area contributed by atoms with Crippen molar-refractivity contribution in [3.8, 4) is 0 Å². The number of hydrogen-bond acceptors (Lipinski definition) is 2. The number of rotatable bonds is 18. The largest absolute Gasteiger partial charge is 0.330 e. The fourth-order valence-corrected chi connectivity index (χ4v) is 12.0. The van der Waals surface area contributed by atoms with Gasteiger partial charge >= 0.3 is 0 Å². The van der Waals surface area contributed by atoms with Gasteiger partial charge in [0, 0.05) is 4.75 Å². The molecule has 0 bridgehead atoms. The monoisotopic (exact) mass is 700 g/mol. The molecule has 1 nitrogen and oxygen atoms in total. The summed E-state index contributed by atoms with van der Waals surface area (Å²) in [4.78, 5) is 0. The number of thiol groups is 1. The first-order valence-corrected chi connectivity index (χ1v) is 22.6. The minimum Gasteiger partial charge on any atom is -0.330 e. The number of nitrogens with two attached hydrogens (primary N) is 1. The second-order valence-electron chi connectivity index (χ2n) is 18.7. The average molecular weight is 700 g/mol. The summed E-state index contributed by atoms with van der Waals surface area (Å²) in [5.41, 5.74) is 9.63. The van der Waals surface area contributed by atoms with E-state index in [1.54, 1.807) is 0 Å². The van der Waals surface area contributed by atoms with Crippen LogP contribution in [0, 0.1) is 58.7 Å². The van der Waals surface area contributed by atoms with Crippen molar-refractivity contribution in [1.29, 1.82) is 0 Å². The Morgan fingerprint density at radius 1 is 0.878 bits per heavy atom. The molecule has 0 aromatic rings. The van der Waals surface area contributed by atoms with Crippen molar-refractivity contribution in [2.75, 3.05) is 6.54 Å². The van der Waals surface area contributed by atoms with Crippen LogP contribution < -0.4 is 5.73 Å².